The monoisotopic (exact) mass is 499 g/mol. The summed E-state index contributed by atoms with van der Waals surface area (Å²) in [6.45, 7) is -2.43. The van der Waals surface area contributed by atoms with E-state index in [1.54, 1.807) is 0 Å². The number of rotatable bonds is 5. The summed E-state index contributed by atoms with van der Waals surface area (Å²) in [7, 11) is 0. The van der Waals surface area contributed by atoms with Gasteiger partial charge in [0.25, 0.3) is 5.91 Å². The lowest BCUT2D eigenvalue weighted by Crippen LogP contribution is -2.67. The molecule has 0 radical (unpaired) electrons. The molecule has 0 saturated carbocycles. The number of carbonyl (C=O) groups is 1. The molecule has 33 heavy (non-hydrogen) atoms. The van der Waals surface area contributed by atoms with Crippen molar-refractivity contribution in [3.05, 3.63) is 64.2 Å². The smallest absolute Gasteiger partial charge is 0.391 e. The number of aliphatic hydroxyl groups excluding tert-OH is 1. The van der Waals surface area contributed by atoms with E-state index in [4.69, 9.17) is 5.11 Å². The zero-order valence-electron chi connectivity index (χ0n) is 15.8. The van der Waals surface area contributed by atoms with Crippen LogP contribution in [0.2, 0.25) is 0 Å². The third-order valence-electron chi connectivity index (χ3n) is 4.33. The van der Waals surface area contributed by atoms with Gasteiger partial charge >= 0.3 is 17.9 Å². The predicted octanol–water partition coefficient (Wildman–Crippen LogP) is 5.54. The van der Waals surface area contributed by atoms with Crippen LogP contribution in [0.3, 0.4) is 0 Å². The Bertz CT molecular complexity index is 1080. The molecular formula is C18H9F12NO2. The van der Waals surface area contributed by atoms with Gasteiger partial charge in [-0.15, -0.1) is 0 Å². The average Bonchev–Trinajstić information content (AvgIpc) is 2.67. The van der Waals surface area contributed by atoms with Crippen LogP contribution in [-0.2, 0) is 6.61 Å². The topological polar surface area (TPSA) is 40.5 Å². The highest BCUT2D eigenvalue weighted by Crippen LogP contribution is 2.50. The van der Waals surface area contributed by atoms with Crippen molar-refractivity contribution >= 4 is 11.6 Å². The molecule has 0 aliphatic carbocycles. The number of carbonyl (C=O) groups excluding carboxylic acids is 1. The second kappa shape index (κ2) is 8.43. The van der Waals surface area contributed by atoms with E-state index in [1.807, 2.05) is 0 Å². The fraction of sp³-hybridized carbons (Fsp3) is 0.278. The first-order valence-corrected chi connectivity index (χ1v) is 8.29. The van der Waals surface area contributed by atoms with Crippen LogP contribution in [0.4, 0.5) is 58.4 Å². The van der Waals surface area contributed by atoms with Crippen LogP contribution in [0.1, 0.15) is 22.8 Å². The summed E-state index contributed by atoms with van der Waals surface area (Å²) in [5.74, 6) is -28.2. The number of amides is 1. The molecule has 2 aromatic rings. The van der Waals surface area contributed by atoms with Crippen LogP contribution in [0.5, 0.6) is 0 Å². The molecule has 0 fully saturated rings. The average molecular weight is 499 g/mol. The maximum Gasteiger partial charge on any atom is 0.448 e. The van der Waals surface area contributed by atoms with Gasteiger partial charge in [-0.2, -0.15) is 13.2 Å². The SMILES string of the molecule is CC(F)(F)C(F)(N(C(=O)c1cc(F)c(F)c(CO)c1F)c1cc(F)c(F)cc1F)C(F)(F)F. The molecule has 0 aromatic heterocycles. The third kappa shape index (κ3) is 4.20. The van der Waals surface area contributed by atoms with Crippen molar-refractivity contribution in [3.63, 3.8) is 0 Å². The van der Waals surface area contributed by atoms with Gasteiger partial charge in [0.05, 0.1) is 23.4 Å². The summed E-state index contributed by atoms with van der Waals surface area (Å²) < 4.78 is 166. The van der Waals surface area contributed by atoms with Crippen molar-refractivity contribution in [2.24, 2.45) is 0 Å². The van der Waals surface area contributed by atoms with E-state index < -0.39 is 112 Å². The van der Waals surface area contributed by atoms with Crippen LogP contribution < -0.4 is 4.90 Å². The molecule has 1 amide bonds. The fourth-order valence-electron chi connectivity index (χ4n) is 2.74. The zero-order chi connectivity index (χ0) is 25.7. The molecule has 2 aromatic carbocycles. The van der Waals surface area contributed by atoms with Crippen LogP contribution in [-0.4, -0.2) is 28.9 Å². The molecule has 2 rings (SSSR count). The largest absolute Gasteiger partial charge is 0.448 e. The summed E-state index contributed by atoms with van der Waals surface area (Å²) >= 11 is 0. The molecule has 0 aliphatic rings. The number of benzene rings is 2. The highest BCUT2D eigenvalue weighted by atomic mass is 19.4. The van der Waals surface area contributed by atoms with Crippen molar-refractivity contribution in [1.82, 2.24) is 0 Å². The van der Waals surface area contributed by atoms with E-state index >= 15 is 4.39 Å². The number of anilines is 1. The molecule has 0 heterocycles. The second-order valence-electron chi connectivity index (χ2n) is 6.54. The lowest BCUT2D eigenvalue weighted by molar-refractivity contribution is -0.293. The van der Waals surface area contributed by atoms with Crippen molar-refractivity contribution < 1.29 is 62.6 Å². The number of nitrogens with zero attached hydrogens (tertiary/aromatic N) is 1. The molecular weight excluding hydrogens is 490 g/mol. The summed E-state index contributed by atoms with van der Waals surface area (Å²) in [5.41, 5.74) is -6.03. The predicted molar refractivity (Wildman–Crippen MR) is 85.9 cm³/mol. The highest BCUT2D eigenvalue weighted by molar-refractivity contribution is 6.07. The van der Waals surface area contributed by atoms with Crippen LogP contribution >= 0.6 is 0 Å². The maximum absolute atomic E-state index is 15.1. The van der Waals surface area contributed by atoms with Crippen molar-refractivity contribution in [2.45, 2.75) is 31.4 Å². The Morgan fingerprint density at radius 2 is 1.33 bits per heavy atom. The molecule has 0 saturated heterocycles. The van der Waals surface area contributed by atoms with Gasteiger partial charge in [-0.25, -0.2) is 39.5 Å². The Morgan fingerprint density at radius 3 is 1.79 bits per heavy atom. The molecule has 3 nitrogen and oxygen atoms in total. The Morgan fingerprint density at radius 1 is 0.818 bits per heavy atom. The van der Waals surface area contributed by atoms with Gasteiger partial charge in [0.1, 0.15) is 11.6 Å². The summed E-state index contributed by atoms with van der Waals surface area (Å²) in [6, 6.07) is -1.63. The molecule has 1 N–H and O–H groups in total. The van der Waals surface area contributed by atoms with E-state index in [-0.39, 0.29) is 0 Å². The number of halogens is 12. The van der Waals surface area contributed by atoms with Crippen LogP contribution in [0.25, 0.3) is 0 Å². The second-order valence-corrected chi connectivity index (χ2v) is 6.54. The van der Waals surface area contributed by atoms with Crippen molar-refractivity contribution in [1.29, 1.82) is 0 Å². The van der Waals surface area contributed by atoms with E-state index in [2.05, 4.69) is 0 Å². The third-order valence-corrected chi connectivity index (χ3v) is 4.33. The minimum atomic E-state index is -6.80. The number of aliphatic hydroxyl groups is 1. The Labute approximate surface area is 175 Å². The van der Waals surface area contributed by atoms with Gasteiger partial charge in [-0.1, -0.05) is 0 Å². The Hall–Kier alpha value is -2.97. The molecule has 15 heteroatoms. The van der Waals surface area contributed by atoms with Crippen molar-refractivity contribution in [3.8, 4) is 0 Å². The van der Waals surface area contributed by atoms with E-state index in [0.717, 1.165) is 0 Å². The highest BCUT2D eigenvalue weighted by Gasteiger charge is 2.74. The fourth-order valence-corrected chi connectivity index (χ4v) is 2.74. The first kappa shape index (κ1) is 26.3. The van der Waals surface area contributed by atoms with Crippen LogP contribution in [0.15, 0.2) is 18.2 Å². The minimum Gasteiger partial charge on any atom is -0.391 e. The standard InChI is InChI=1S/C18H9F12NO2/c1-16(25,26)17(27,18(28,29)30)31(12-4-9(20)8(19)3-10(12)21)15(33)6-2-11(22)14(24)7(5-32)13(6)23/h2-4,32H,5H2,1H3. The summed E-state index contributed by atoms with van der Waals surface area (Å²) in [6.07, 6.45) is -6.80. The van der Waals surface area contributed by atoms with Crippen LogP contribution in [0, 0.1) is 34.9 Å². The van der Waals surface area contributed by atoms with E-state index in [1.165, 1.54) is 0 Å². The van der Waals surface area contributed by atoms with Gasteiger partial charge < -0.3 is 5.11 Å². The lowest BCUT2D eigenvalue weighted by atomic mass is 10.0. The molecule has 0 bridgehead atoms. The van der Waals surface area contributed by atoms with Gasteiger partial charge in [-0.05, 0) is 6.07 Å². The number of hydrogen-bond donors (Lipinski definition) is 1. The van der Waals surface area contributed by atoms with E-state index in [0.29, 0.717) is 0 Å². The molecule has 0 spiro atoms. The number of alkyl halides is 6. The van der Waals surface area contributed by atoms with Gasteiger partial charge in [0.2, 0.25) is 0 Å². The van der Waals surface area contributed by atoms with E-state index in [9.17, 15) is 53.1 Å². The maximum atomic E-state index is 15.1. The quantitative estimate of drug-likeness (QED) is 0.334. The van der Waals surface area contributed by atoms with Crippen molar-refractivity contribution in [2.75, 3.05) is 4.90 Å². The molecule has 0 aliphatic heterocycles. The minimum absolute atomic E-state index is 0.485. The Kier molecular flexibility index (Phi) is 6.71. The zero-order valence-corrected chi connectivity index (χ0v) is 15.8. The van der Waals surface area contributed by atoms with Gasteiger partial charge in [0.15, 0.2) is 23.3 Å². The Balaban J connectivity index is 3.01. The first-order chi connectivity index (χ1) is 14.9. The van der Waals surface area contributed by atoms with Gasteiger partial charge in [0, 0.05) is 19.1 Å². The summed E-state index contributed by atoms with van der Waals surface area (Å²) in [5, 5.41) is 8.92. The molecule has 1 atom stereocenters. The summed E-state index contributed by atoms with van der Waals surface area (Å²) in [4.78, 5) is 10.9. The molecule has 182 valence electrons. The normalized spacial score (nSPS) is 14.2. The molecule has 1 unspecified atom stereocenters. The lowest BCUT2D eigenvalue weighted by Gasteiger charge is -2.41. The first-order valence-electron chi connectivity index (χ1n) is 8.29. The van der Waals surface area contributed by atoms with Gasteiger partial charge in [-0.3, -0.25) is 9.69 Å². The number of hydrogen-bond acceptors (Lipinski definition) is 2.